The number of ether oxygens (including phenoxy) is 2. The third-order valence-corrected chi connectivity index (χ3v) is 6.80. The van der Waals surface area contributed by atoms with Gasteiger partial charge in [0.1, 0.15) is 17.4 Å². The van der Waals surface area contributed by atoms with Crippen molar-refractivity contribution in [3.05, 3.63) is 155 Å². The van der Waals surface area contributed by atoms with Gasteiger partial charge in [-0.15, -0.1) is 0 Å². The first kappa shape index (κ1) is 22.3. The second-order valence-corrected chi connectivity index (χ2v) is 8.89. The molecule has 1 aliphatic rings. The van der Waals surface area contributed by atoms with Crippen LogP contribution in [-0.4, -0.2) is 21.5 Å². The highest BCUT2D eigenvalue weighted by atomic mass is 16.7. The summed E-state index contributed by atoms with van der Waals surface area (Å²) in [6, 6.07) is 36.9. The van der Waals surface area contributed by atoms with Gasteiger partial charge in [-0.25, -0.2) is 4.98 Å². The lowest BCUT2D eigenvalue weighted by molar-refractivity contribution is -0.0165. The first-order valence-electron chi connectivity index (χ1n) is 12.0. The molecule has 0 saturated heterocycles. The summed E-state index contributed by atoms with van der Waals surface area (Å²) in [6.45, 7) is 0.712. The molecular weight excluding hydrogens is 448 g/mol. The van der Waals surface area contributed by atoms with Crippen LogP contribution in [0.25, 0.3) is 0 Å². The standard InChI is InChI=1S/C31H26N2O3/c34-30(23-16-17-29-24(18-23)20-35-22-36-29)28-19-33(21-32-28)31(25-10-4-1-5-11-25,26-12-6-2-7-13-26)27-14-8-3-9-15-27/h1-19,21,30,34H,20,22H2. The predicted octanol–water partition coefficient (Wildman–Crippen LogP) is 5.67. The number of imidazole rings is 1. The minimum atomic E-state index is -0.890. The number of fused-ring (bicyclic) bond motifs is 1. The largest absolute Gasteiger partial charge is 0.467 e. The lowest BCUT2D eigenvalue weighted by Crippen LogP contribution is -2.37. The molecule has 1 N–H and O–H groups in total. The van der Waals surface area contributed by atoms with Crippen molar-refractivity contribution in [3.63, 3.8) is 0 Å². The van der Waals surface area contributed by atoms with E-state index in [2.05, 4.69) is 77.4 Å². The summed E-state index contributed by atoms with van der Waals surface area (Å²) in [4.78, 5) is 4.70. The number of aromatic nitrogens is 2. The maximum Gasteiger partial charge on any atom is 0.189 e. The lowest BCUT2D eigenvalue weighted by atomic mass is 9.77. The van der Waals surface area contributed by atoms with Crippen LogP contribution in [0.2, 0.25) is 0 Å². The van der Waals surface area contributed by atoms with Crippen LogP contribution in [0.1, 0.15) is 39.6 Å². The van der Waals surface area contributed by atoms with Crippen LogP contribution in [0.15, 0.2) is 122 Å². The van der Waals surface area contributed by atoms with Gasteiger partial charge < -0.3 is 19.1 Å². The first-order valence-corrected chi connectivity index (χ1v) is 12.0. The van der Waals surface area contributed by atoms with Crippen LogP contribution in [0.5, 0.6) is 5.75 Å². The van der Waals surface area contributed by atoms with E-state index >= 15 is 0 Å². The third kappa shape index (κ3) is 3.79. The van der Waals surface area contributed by atoms with Crippen molar-refractivity contribution in [3.8, 4) is 5.75 Å². The zero-order valence-electron chi connectivity index (χ0n) is 19.7. The van der Waals surface area contributed by atoms with Gasteiger partial charge in [-0.1, -0.05) is 97.1 Å². The Morgan fingerprint density at radius 1 is 0.778 bits per heavy atom. The quantitative estimate of drug-likeness (QED) is 0.322. The van der Waals surface area contributed by atoms with Gasteiger partial charge >= 0.3 is 0 Å². The van der Waals surface area contributed by atoms with Crippen LogP contribution in [0.4, 0.5) is 0 Å². The van der Waals surface area contributed by atoms with E-state index in [1.54, 1.807) is 0 Å². The Bertz CT molecular complexity index is 1350. The molecule has 36 heavy (non-hydrogen) atoms. The second kappa shape index (κ2) is 9.46. The van der Waals surface area contributed by atoms with E-state index in [1.807, 2.05) is 48.9 Å². The minimum Gasteiger partial charge on any atom is -0.467 e. The van der Waals surface area contributed by atoms with Crippen molar-refractivity contribution in [2.45, 2.75) is 18.2 Å². The van der Waals surface area contributed by atoms with Gasteiger partial charge in [-0.3, -0.25) is 0 Å². The number of benzene rings is 4. The molecule has 5 heteroatoms. The predicted molar refractivity (Wildman–Crippen MR) is 138 cm³/mol. The Balaban J connectivity index is 1.51. The van der Waals surface area contributed by atoms with Crippen molar-refractivity contribution >= 4 is 0 Å². The van der Waals surface area contributed by atoms with Gasteiger partial charge in [0.05, 0.1) is 18.6 Å². The highest BCUT2D eigenvalue weighted by Crippen LogP contribution is 2.41. The molecule has 4 aromatic carbocycles. The Morgan fingerprint density at radius 2 is 1.36 bits per heavy atom. The molecule has 1 atom stereocenters. The monoisotopic (exact) mass is 474 g/mol. The number of aliphatic hydroxyl groups is 1. The van der Waals surface area contributed by atoms with Gasteiger partial charge in [0.25, 0.3) is 0 Å². The van der Waals surface area contributed by atoms with Gasteiger partial charge in [0.15, 0.2) is 6.79 Å². The number of nitrogens with zero attached hydrogens (tertiary/aromatic N) is 2. The molecule has 5 nitrogen and oxygen atoms in total. The van der Waals surface area contributed by atoms with Crippen LogP contribution < -0.4 is 4.74 Å². The van der Waals surface area contributed by atoms with Crippen molar-refractivity contribution in [2.75, 3.05) is 6.79 Å². The van der Waals surface area contributed by atoms with Gasteiger partial charge in [-0.2, -0.15) is 0 Å². The average molecular weight is 475 g/mol. The van der Waals surface area contributed by atoms with Crippen LogP contribution in [-0.2, 0) is 16.9 Å². The Labute approximate surface area is 210 Å². The molecule has 0 fully saturated rings. The van der Waals surface area contributed by atoms with E-state index in [1.165, 1.54) is 0 Å². The Kier molecular flexibility index (Phi) is 5.85. The maximum absolute atomic E-state index is 11.3. The zero-order chi connectivity index (χ0) is 24.4. The van der Waals surface area contributed by atoms with Crippen molar-refractivity contribution < 1.29 is 14.6 Å². The molecule has 0 bridgehead atoms. The fourth-order valence-electron chi connectivity index (χ4n) is 5.10. The molecule has 0 spiro atoms. The zero-order valence-corrected chi connectivity index (χ0v) is 19.7. The van der Waals surface area contributed by atoms with E-state index in [0.717, 1.165) is 33.6 Å². The molecule has 0 amide bonds. The highest BCUT2D eigenvalue weighted by molar-refractivity contribution is 5.51. The molecule has 5 aromatic rings. The van der Waals surface area contributed by atoms with Crippen molar-refractivity contribution in [2.24, 2.45) is 0 Å². The van der Waals surface area contributed by atoms with E-state index < -0.39 is 11.6 Å². The molecule has 0 aliphatic carbocycles. The Hall–Kier alpha value is -4.19. The first-order chi connectivity index (χ1) is 17.8. The fraction of sp³-hybridized carbons (Fsp3) is 0.129. The molecule has 1 aliphatic heterocycles. The molecule has 1 unspecified atom stereocenters. The maximum atomic E-state index is 11.3. The smallest absolute Gasteiger partial charge is 0.189 e. The summed E-state index contributed by atoms with van der Waals surface area (Å²) < 4.78 is 13.1. The van der Waals surface area contributed by atoms with E-state index in [0.29, 0.717) is 12.3 Å². The Morgan fingerprint density at radius 3 is 1.94 bits per heavy atom. The number of aliphatic hydroxyl groups excluding tert-OH is 1. The normalized spacial score (nSPS) is 14.0. The highest BCUT2D eigenvalue weighted by Gasteiger charge is 2.38. The molecular formula is C31H26N2O3. The third-order valence-electron chi connectivity index (χ3n) is 6.80. The van der Waals surface area contributed by atoms with Gasteiger partial charge in [0.2, 0.25) is 0 Å². The number of hydrogen-bond donors (Lipinski definition) is 1. The topological polar surface area (TPSA) is 56.5 Å². The lowest BCUT2D eigenvalue weighted by Gasteiger charge is -2.37. The van der Waals surface area contributed by atoms with E-state index in [4.69, 9.17) is 14.5 Å². The summed E-state index contributed by atoms with van der Waals surface area (Å²) in [5.41, 5.74) is 4.87. The molecule has 2 heterocycles. The second-order valence-electron chi connectivity index (χ2n) is 8.89. The van der Waals surface area contributed by atoms with Gasteiger partial charge in [0, 0.05) is 11.8 Å². The number of hydrogen-bond acceptors (Lipinski definition) is 4. The average Bonchev–Trinajstić information content (AvgIpc) is 3.45. The van der Waals surface area contributed by atoms with Crippen LogP contribution in [0.3, 0.4) is 0 Å². The van der Waals surface area contributed by atoms with Crippen LogP contribution in [0, 0.1) is 0 Å². The minimum absolute atomic E-state index is 0.250. The molecule has 6 rings (SSSR count). The van der Waals surface area contributed by atoms with Crippen molar-refractivity contribution in [1.29, 1.82) is 0 Å². The molecule has 0 saturated carbocycles. The SMILES string of the molecule is OC(c1ccc2c(c1)COCO2)c1cn(C(c2ccccc2)(c2ccccc2)c2ccccc2)cn1. The van der Waals surface area contributed by atoms with Crippen LogP contribution >= 0.6 is 0 Å². The van der Waals surface area contributed by atoms with E-state index in [9.17, 15) is 5.11 Å². The fourth-order valence-corrected chi connectivity index (χ4v) is 5.10. The summed E-state index contributed by atoms with van der Waals surface area (Å²) in [5.74, 6) is 0.791. The van der Waals surface area contributed by atoms with Gasteiger partial charge in [-0.05, 0) is 34.4 Å². The summed E-state index contributed by atoms with van der Waals surface area (Å²) >= 11 is 0. The summed E-state index contributed by atoms with van der Waals surface area (Å²) in [7, 11) is 0. The summed E-state index contributed by atoms with van der Waals surface area (Å²) in [6.07, 6.45) is 2.87. The van der Waals surface area contributed by atoms with Crippen molar-refractivity contribution in [1.82, 2.24) is 9.55 Å². The summed E-state index contributed by atoms with van der Waals surface area (Å²) in [5, 5.41) is 11.3. The molecule has 1 aromatic heterocycles. The molecule has 0 radical (unpaired) electrons. The molecule has 178 valence electrons. The van der Waals surface area contributed by atoms with E-state index in [-0.39, 0.29) is 6.79 Å². The number of rotatable bonds is 6.